The second-order valence-corrected chi connectivity index (χ2v) is 6.01. The van der Waals surface area contributed by atoms with Gasteiger partial charge in [0.05, 0.1) is 0 Å². The molecule has 2 amide bonds. The first-order chi connectivity index (χ1) is 10.2. The highest BCUT2D eigenvalue weighted by molar-refractivity contribution is 5.73. The van der Waals surface area contributed by atoms with Crippen LogP contribution in [0.15, 0.2) is 24.3 Å². The Morgan fingerprint density at radius 3 is 2.62 bits per heavy atom. The smallest absolute Gasteiger partial charge is 0.315 e. The Morgan fingerprint density at radius 1 is 1.24 bits per heavy atom. The highest BCUT2D eigenvalue weighted by Gasteiger charge is 2.15. The van der Waals surface area contributed by atoms with Crippen LogP contribution < -0.4 is 10.6 Å². The SMILES string of the molecule is CCNC(=O)NCc1ccc(CN2CCC[C@@H](C)C2)cc1. The summed E-state index contributed by atoms with van der Waals surface area (Å²) >= 11 is 0. The molecule has 0 aromatic heterocycles. The number of nitrogens with one attached hydrogen (secondary N) is 2. The number of hydrogen-bond donors (Lipinski definition) is 2. The van der Waals surface area contributed by atoms with Gasteiger partial charge in [0, 0.05) is 26.2 Å². The van der Waals surface area contributed by atoms with E-state index in [1.165, 1.54) is 31.5 Å². The van der Waals surface area contributed by atoms with Crippen LogP contribution in [0.3, 0.4) is 0 Å². The van der Waals surface area contributed by atoms with E-state index in [4.69, 9.17) is 0 Å². The zero-order valence-electron chi connectivity index (χ0n) is 13.2. The number of piperidine rings is 1. The number of benzene rings is 1. The van der Waals surface area contributed by atoms with Gasteiger partial charge in [-0.25, -0.2) is 4.79 Å². The van der Waals surface area contributed by atoms with Gasteiger partial charge in [-0.05, 0) is 43.4 Å². The molecule has 1 aromatic rings. The maximum absolute atomic E-state index is 11.3. The molecule has 0 saturated carbocycles. The predicted octanol–water partition coefficient (Wildman–Crippen LogP) is 2.74. The summed E-state index contributed by atoms with van der Waals surface area (Å²) in [6.45, 7) is 8.93. The van der Waals surface area contributed by atoms with Crippen molar-refractivity contribution in [1.29, 1.82) is 0 Å². The second kappa shape index (κ2) is 8.03. The lowest BCUT2D eigenvalue weighted by Crippen LogP contribution is -2.34. The number of rotatable bonds is 5. The molecule has 116 valence electrons. The standard InChI is InChI=1S/C17H27N3O/c1-3-18-17(21)19-11-15-6-8-16(9-7-15)13-20-10-4-5-14(2)12-20/h6-9,14H,3-5,10-13H2,1-2H3,(H2,18,19,21)/t14-/m1/s1. The number of likely N-dealkylation sites (tertiary alicyclic amines) is 1. The van der Waals surface area contributed by atoms with E-state index in [1.807, 2.05) is 6.92 Å². The highest BCUT2D eigenvalue weighted by Crippen LogP contribution is 2.18. The van der Waals surface area contributed by atoms with Gasteiger partial charge in [0.1, 0.15) is 0 Å². The predicted molar refractivity (Wildman–Crippen MR) is 86.0 cm³/mol. The lowest BCUT2D eigenvalue weighted by molar-refractivity contribution is 0.176. The number of urea groups is 1. The Morgan fingerprint density at radius 2 is 1.95 bits per heavy atom. The number of hydrogen-bond acceptors (Lipinski definition) is 2. The van der Waals surface area contributed by atoms with Gasteiger partial charge in [0.25, 0.3) is 0 Å². The molecule has 1 aromatic carbocycles. The molecule has 2 rings (SSSR count). The van der Waals surface area contributed by atoms with Crippen LogP contribution in [0.1, 0.15) is 37.8 Å². The van der Waals surface area contributed by atoms with Gasteiger partial charge in [0.15, 0.2) is 0 Å². The fraction of sp³-hybridized carbons (Fsp3) is 0.588. The number of nitrogens with zero attached hydrogens (tertiary/aromatic N) is 1. The lowest BCUT2D eigenvalue weighted by atomic mass is 9.99. The molecular weight excluding hydrogens is 262 g/mol. The van der Waals surface area contributed by atoms with E-state index < -0.39 is 0 Å². The molecule has 1 atom stereocenters. The molecule has 1 fully saturated rings. The van der Waals surface area contributed by atoms with E-state index in [9.17, 15) is 4.79 Å². The summed E-state index contributed by atoms with van der Waals surface area (Å²) in [5, 5.41) is 5.57. The van der Waals surface area contributed by atoms with E-state index in [0.29, 0.717) is 13.1 Å². The summed E-state index contributed by atoms with van der Waals surface area (Å²) < 4.78 is 0. The summed E-state index contributed by atoms with van der Waals surface area (Å²) in [5.41, 5.74) is 2.49. The Labute approximate surface area is 127 Å². The first-order valence-electron chi connectivity index (χ1n) is 7.99. The minimum atomic E-state index is -0.108. The average Bonchev–Trinajstić information content (AvgIpc) is 2.47. The van der Waals surface area contributed by atoms with E-state index in [2.05, 4.69) is 46.7 Å². The molecule has 4 nitrogen and oxygen atoms in total. The second-order valence-electron chi connectivity index (χ2n) is 6.01. The fourth-order valence-electron chi connectivity index (χ4n) is 2.86. The maximum Gasteiger partial charge on any atom is 0.315 e. The van der Waals surface area contributed by atoms with Gasteiger partial charge in [-0.15, -0.1) is 0 Å². The van der Waals surface area contributed by atoms with Gasteiger partial charge in [-0.1, -0.05) is 31.2 Å². The van der Waals surface area contributed by atoms with Crippen LogP contribution in [-0.2, 0) is 13.1 Å². The quantitative estimate of drug-likeness (QED) is 0.875. The molecule has 1 heterocycles. The van der Waals surface area contributed by atoms with Crippen LogP contribution in [0, 0.1) is 5.92 Å². The third-order valence-corrected chi connectivity index (χ3v) is 3.96. The largest absolute Gasteiger partial charge is 0.338 e. The first-order valence-corrected chi connectivity index (χ1v) is 7.99. The van der Waals surface area contributed by atoms with Crippen molar-refractivity contribution in [1.82, 2.24) is 15.5 Å². The fourth-order valence-corrected chi connectivity index (χ4v) is 2.86. The number of amides is 2. The van der Waals surface area contributed by atoms with E-state index in [1.54, 1.807) is 0 Å². The molecule has 1 aliphatic heterocycles. The summed E-state index contributed by atoms with van der Waals surface area (Å²) in [4.78, 5) is 13.9. The monoisotopic (exact) mass is 289 g/mol. The topological polar surface area (TPSA) is 44.4 Å². The molecule has 1 aliphatic rings. The van der Waals surface area contributed by atoms with Crippen LogP contribution in [0.2, 0.25) is 0 Å². The molecule has 0 bridgehead atoms. The highest BCUT2D eigenvalue weighted by atomic mass is 16.2. The van der Waals surface area contributed by atoms with Crippen LogP contribution in [0.5, 0.6) is 0 Å². The van der Waals surface area contributed by atoms with Crippen LogP contribution in [0.4, 0.5) is 4.79 Å². The molecule has 0 radical (unpaired) electrons. The molecule has 0 spiro atoms. The minimum absolute atomic E-state index is 0.108. The van der Waals surface area contributed by atoms with Gasteiger partial charge >= 0.3 is 6.03 Å². The maximum atomic E-state index is 11.3. The summed E-state index contributed by atoms with van der Waals surface area (Å²) in [6, 6.07) is 8.45. The van der Waals surface area contributed by atoms with Crippen molar-refractivity contribution in [2.45, 2.75) is 39.8 Å². The Bertz CT molecular complexity index is 444. The zero-order chi connectivity index (χ0) is 15.1. The Hall–Kier alpha value is -1.55. The number of carbonyl (C=O) groups excluding carboxylic acids is 1. The third kappa shape index (κ3) is 5.38. The molecule has 2 N–H and O–H groups in total. The molecule has 1 saturated heterocycles. The lowest BCUT2D eigenvalue weighted by Gasteiger charge is -2.30. The normalized spacial score (nSPS) is 19.2. The van der Waals surface area contributed by atoms with E-state index in [-0.39, 0.29) is 6.03 Å². The van der Waals surface area contributed by atoms with Crippen LogP contribution in [0.25, 0.3) is 0 Å². The number of carbonyl (C=O) groups is 1. The van der Waals surface area contributed by atoms with Crippen molar-refractivity contribution >= 4 is 6.03 Å². The van der Waals surface area contributed by atoms with Crippen molar-refractivity contribution < 1.29 is 4.79 Å². The van der Waals surface area contributed by atoms with Crippen molar-refractivity contribution in [3.05, 3.63) is 35.4 Å². The van der Waals surface area contributed by atoms with Crippen molar-refractivity contribution in [2.24, 2.45) is 5.92 Å². The molecule has 4 heteroatoms. The summed E-state index contributed by atoms with van der Waals surface area (Å²) in [5.74, 6) is 0.819. The first kappa shape index (κ1) is 15.8. The summed E-state index contributed by atoms with van der Waals surface area (Å²) in [6.07, 6.45) is 2.68. The van der Waals surface area contributed by atoms with Gasteiger partial charge in [0.2, 0.25) is 0 Å². The van der Waals surface area contributed by atoms with Crippen LogP contribution >= 0.6 is 0 Å². The average molecular weight is 289 g/mol. The third-order valence-electron chi connectivity index (χ3n) is 3.96. The van der Waals surface area contributed by atoms with E-state index in [0.717, 1.165) is 18.0 Å². The molecular formula is C17H27N3O. The summed E-state index contributed by atoms with van der Waals surface area (Å²) in [7, 11) is 0. The molecule has 0 aliphatic carbocycles. The van der Waals surface area contributed by atoms with E-state index >= 15 is 0 Å². The minimum Gasteiger partial charge on any atom is -0.338 e. The Kier molecular flexibility index (Phi) is 6.05. The van der Waals surface area contributed by atoms with Crippen LogP contribution in [-0.4, -0.2) is 30.6 Å². The van der Waals surface area contributed by atoms with Gasteiger partial charge in [-0.3, -0.25) is 4.90 Å². The van der Waals surface area contributed by atoms with Crippen molar-refractivity contribution in [3.8, 4) is 0 Å². The zero-order valence-corrected chi connectivity index (χ0v) is 13.2. The van der Waals surface area contributed by atoms with Crippen molar-refractivity contribution in [3.63, 3.8) is 0 Å². The van der Waals surface area contributed by atoms with Crippen molar-refractivity contribution in [2.75, 3.05) is 19.6 Å². The van der Waals surface area contributed by atoms with Gasteiger partial charge in [-0.2, -0.15) is 0 Å². The molecule has 0 unspecified atom stereocenters. The molecule has 21 heavy (non-hydrogen) atoms. The Balaban J connectivity index is 1.80. The van der Waals surface area contributed by atoms with Gasteiger partial charge < -0.3 is 10.6 Å².